The number of nitrogens with zero attached hydrogens (tertiary/aromatic N) is 3. The number of hydrogen-bond acceptors (Lipinski definition) is 3. The van der Waals surface area contributed by atoms with Gasteiger partial charge in [0.25, 0.3) is 0 Å². The zero-order valence-corrected chi connectivity index (χ0v) is 13.8. The predicted molar refractivity (Wildman–Crippen MR) is 98.9 cm³/mol. The van der Waals surface area contributed by atoms with Gasteiger partial charge in [-0.2, -0.15) is 0 Å². The summed E-state index contributed by atoms with van der Waals surface area (Å²) in [6, 6.07) is 20.7. The molecule has 5 rings (SSSR count). The van der Waals surface area contributed by atoms with Crippen LogP contribution in [0, 0.1) is 0 Å². The quantitative estimate of drug-likeness (QED) is 0.351. The molecule has 0 N–H and O–H groups in total. The largest absolute Gasteiger partial charge is 1.00 e. The molecule has 25 heavy (non-hydrogen) atoms. The van der Waals surface area contributed by atoms with Crippen LogP contribution in [-0.2, 0) is 0 Å². The molecule has 4 heteroatoms. The Bertz CT molecular complexity index is 1220. The van der Waals surface area contributed by atoms with E-state index in [1.807, 2.05) is 36.8 Å². The van der Waals surface area contributed by atoms with E-state index in [1.54, 1.807) is 0 Å². The van der Waals surface area contributed by atoms with Crippen molar-refractivity contribution < 1.29 is 20.3 Å². The van der Waals surface area contributed by atoms with Crippen molar-refractivity contribution in [1.29, 1.82) is 0 Å². The van der Waals surface area contributed by atoms with Gasteiger partial charge >= 0.3 is 18.9 Å². The molecule has 0 radical (unpaired) electrons. The summed E-state index contributed by atoms with van der Waals surface area (Å²) < 4.78 is 0. The van der Waals surface area contributed by atoms with Crippen molar-refractivity contribution in [2.75, 3.05) is 0 Å². The van der Waals surface area contributed by atoms with E-state index in [1.165, 1.54) is 5.56 Å². The van der Waals surface area contributed by atoms with Gasteiger partial charge in [-0.1, -0.05) is 36.4 Å². The standard InChI is InChI=1S/C21H13N3.Li.H/c1-5-15(17-6-3-11-22-19(17)7-1)16-10-13-24-21-18(16)9-8-14-4-2-12-23-20(14)21;;/h1-13H;;/q;+1;-1. The first kappa shape index (κ1) is 15.8. The van der Waals surface area contributed by atoms with Crippen LogP contribution in [0.5, 0.6) is 0 Å². The molecule has 2 aromatic carbocycles. The number of rotatable bonds is 1. The topological polar surface area (TPSA) is 38.7 Å². The molecule has 0 bridgehead atoms. The molecule has 5 aromatic rings. The second-order valence-corrected chi connectivity index (χ2v) is 5.77. The second-order valence-electron chi connectivity index (χ2n) is 5.77. The van der Waals surface area contributed by atoms with E-state index in [9.17, 15) is 0 Å². The first-order valence-corrected chi connectivity index (χ1v) is 7.88. The molecule has 0 saturated carbocycles. The zero-order valence-electron chi connectivity index (χ0n) is 14.8. The van der Waals surface area contributed by atoms with E-state index in [0.717, 1.165) is 38.3 Å². The molecule has 0 spiro atoms. The summed E-state index contributed by atoms with van der Waals surface area (Å²) in [6.07, 6.45) is 5.51. The molecule has 0 aliphatic carbocycles. The Labute approximate surface area is 158 Å². The number of aromatic nitrogens is 3. The first-order valence-electron chi connectivity index (χ1n) is 7.88. The van der Waals surface area contributed by atoms with Gasteiger partial charge in [-0.25, -0.2) is 0 Å². The minimum atomic E-state index is 0. The van der Waals surface area contributed by atoms with Crippen molar-refractivity contribution in [1.82, 2.24) is 15.0 Å². The van der Waals surface area contributed by atoms with Crippen molar-refractivity contribution in [3.05, 3.63) is 79.3 Å². The number of hydrogen-bond donors (Lipinski definition) is 0. The van der Waals surface area contributed by atoms with Gasteiger partial charge < -0.3 is 1.43 Å². The fraction of sp³-hybridized carbons (Fsp3) is 0. The summed E-state index contributed by atoms with van der Waals surface area (Å²) in [5.41, 5.74) is 5.20. The Morgan fingerprint density at radius 3 is 2.32 bits per heavy atom. The van der Waals surface area contributed by atoms with Gasteiger partial charge in [-0.3, -0.25) is 15.0 Å². The first-order chi connectivity index (χ1) is 11.9. The predicted octanol–water partition coefficient (Wildman–Crippen LogP) is 2.11. The van der Waals surface area contributed by atoms with Crippen molar-refractivity contribution in [3.8, 4) is 11.1 Å². The monoisotopic (exact) mass is 315 g/mol. The molecule has 3 heterocycles. The Balaban J connectivity index is 0.000000980. The van der Waals surface area contributed by atoms with Gasteiger partial charge in [-0.05, 0) is 35.4 Å². The third-order valence-electron chi connectivity index (χ3n) is 4.42. The fourth-order valence-corrected chi connectivity index (χ4v) is 3.33. The molecular weight excluding hydrogens is 301 g/mol. The molecule has 0 fully saturated rings. The number of fused-ring (bicyclic) bond motifs is 4. The third kappa shape index (κ3) is 2.49. The molecule has 3 aromatic heterocycles. The smallest absolute Gasteiger partial charge is 1.00 e. The minimum Gasteiger partial charge on any atom is -1.00 e. The Morgan fingerprint density at radius 2 is 1.36 bits per heavy atom. The molecule has 0 aliphatic heterocycles. The molecule has 0 atom stereocenters. The Hall–Kier alpha value is -2.73. The van der Waals surface area contributed by atoms with Gasteiger partial charge in [0.2, 0.25) is 0 Å². The van der Waals surface area contributed by atoms with Crippen molar-refractivity contribution in [2.45, 2.75) is 0 Å². The van der Waals surface area contributed by atoms with E-state index in [0.29, 0.717) is 0 Å². The van der Waals surface area contributed by atoms with Gasteiger partial charge in [0, 0.05) is 34.7 Å². The third-order valence-corrected chi connectivity index (χ3v) is 4.42. The SMILES string of the molecule is [H-].[Li+].c1cnc2c(c1)ccc1c(-c3cccc4ncccc34)ccnc12. The van der Waals surface area contributed by atoms with Crippen LogP contribution in [0.3, 0.4) is 0 Å². The van der Waals surface area contributed by atoms with Crippen LogP contribution in [0.2, 0.25) is 0 Å². The summed E-state index contributed by atoms with van der Waals surface area (Å²) >= 11 is 0. The van der Waals surface area contributed by atoms with Crippen molar-refractivity contribution in [2.24, 2.45) is 0 Å². The summed E-state index contributed by atoms with van der Waals surface area (Å²) in [5, 5.41) is 3.36. The van der Waals surface area contributed by atoms with Crippen molar-refractivity contribution in [3.63, 3.8) is 0 Å². The van der Waals surface area contributed by atoms with Crippen LogP contribution in [0.15, 0.2) is 79.3 Å². The molecular formula is C21H14LiN3. The molecule has 114 valence electrons. The van der Waals surface area contributed by atoms with E-state index in [-0.39, 0.29) is 20.3 Å². The summed E-state index contributed by atoms with van der Waals surface area (Å²) in [5.74, 6) is 0. The van der Waals surface area contributed by atoms with Gasteiger partial charge in [0.1, 0.15) is 0 Å². The molecule has 0 unspecified atom stereocenters. The maximum atomic E-state index is 4.60. The average molecular weight is 315 g/mol. The van der Waals surface area contributed by atoms with Crippen LogP contribution >= 0.6 is 0 Å². The van der Waals surface area contributed by atoms with Crippen LogP contribution < -0.4 is 18.9 Å². The Kier molecular flexibility index (Phi) is 3.97. The maximum absolute atomic E-state index is 4.60. The summed E-state index contributed by atoms with van der Waals surface area (Å²) in [7, 11) is 0. The zero-order chi connectivity index (χ0) is 15.9. The average Bonchev–Trinajstić information content (AvgIpc) is 2.67. The van der Waals surface area contributed by atoms with Gasteiger partial charge in [0.15, 0.2) is 0 Å². The van der Waals surface area contributed by atoms with Crippen LogP contribution in [0.25, 0.3) is 43.8 Å². The maximum Gasteiger partial charge on any atom is 1.00 e. The van der Waals surface area contributed by atoms with Crippen LogP contribution in [0.1, 0.15) is 1.43 Å². The Morgan fingerprint density at radius 1 is 0.560 bits per heavy atom. The van der Waals surface area contributed by atoms with Crippen molar-refractivity contribution >= 4 is 32.7 Å². The fourth-order valence-electron chi connectivity index (χ4n) is 3.33. The van der Waals surface area contributed by atoms with Crippen LogP contribution in [-0.4, -0.2) is 15.0 Å². The number of pyridine rings is 3. The summed E-state index contributed by atoms with van der Waals surface area (Å²) in [6.45, 7) is 0. The molecule has 0 aliphatic rings. The van der Waals surface area contributed by atoms with Crippen LogP contribution in [0.4, 0.5) is 0 Å². The van der Waals surface area contributed by atoms with Gasteiger partial charge in [-0.15, -0.1) is 0 Å². The summed E-state index contributed by atoms with van der Waals surface area (Å²) in [4.78, 5) is 13.6. The number of benzene rings is 2. The van der Waals surface area contributed by atoms with E-state index in [2.05, 4.69) is 57.4 Å². The normalized spacial score (nSPS) is 10.9. The minimum absolute atomic E-state index is 0. The second kappa shape index (κ2) is 6.29. The molecule has 0 saturated heterocycles. The van der Waals surface area contributed by atoms with E-state index >= 15 is 0 Å². The molecule has 3 nitrogen and oxygen atoms in total. The molecule has 0 amide bonds. The van der Waals surface area contributed by atoms with E-state index < -0.39 is 0 Å². The van der Waals surface area contributed by atoms with E-state index in [4.69, 9.17) is 0 Å². The van der Waals surface area contributed by atoms with Gasteiger partial charge in [0.05, 0.1) is 16.6 Å².